The number of non-ortho nitro benzene ring substituents is 1. The second-order valence-corrected chi connectivity index (χ2v) is 5.49. The monoisotopic (exact) mass is 292 g/mol. The molecule has 1 heterocycles. The van der Waals surface area contributed by atoms with E-state index in [4.69, 9.17) is 0 Å². The summed E-state index contributed by atoms with van der Waals surface area (Å²) < 4.78 is 0. The van der Waals surface area contributed by atoms with E-state index in [-0.39, 0.29) is 11.6 Å². The number of piperazine rings is 1. The highest BCUT2D eigenvalue weighted by Crippen LogP contribution is 2.32. The minimum Gasteiger partial charge on any atom is -0.385 e. The number of hydrogen-bond acceptors (Lipinski definition) is 5. The minimum absolute atomic E-state index is 0.0187. The summed E-state index contributed by atoms with van der Waals surface area (Å²) in [5.74, 6) is -0.0785. The van der Waals surface area contributed by atoms with Crippen LogP contribution in [0.15, 0.2) is 18.2 Å². The van der Waals surface area contributed by atoms with Gasteiger partial charge in [0, 0.05) is 43.1 Å². The molecule has 1 saturated heterocycles. The molecule has 0 unspecified atom stereocenters. The van der Waals surface area contributed by atoms with Crippen LogP contribution < -0.4 is 15.5 Å². The van der Waals surface area contributed by atoms with Crippen molar-refractivity contribution in [1.29, 1.82) is 0 Å². The van der Waals surface area contributed by atoms with Crippen molar-refractivity contribution in [1.82, 2.24) is 5.32 Å². The molecule has 114 valence electrons. The van der Waals surface area contributed by atoms with Crippen LogP contribution in [-0.4, -0.2) is 36.0 Å². The van der Waals surface area contributed by atoms with E-state index in [1.165, 1.54) is 12.1 Å². The van der Waals surface area contributed by atoms with Gasteiger partial charge in [0.05, 0.1) is 4.92 Å². The van der Waals surface area contributed by atoms with Gasteiger partial charge in [0.15, 0.2) is 0 Å². The van der Waals surface area contributed by atoms with Crippen LogP contribution in [0.3, 0.4) is 0 Å². The van der Waals surface area contributed by atoms with Gasteiger partial charge in [-0.15, -0.1) is 0 Å². The summed E-state index contributed by atoms with van der Waals surface area (Å²) >= 11 is 0. The Morgan fingerprint density at radius 2 is 2.14 bits per heavy atom. The summed E-state index contributed by atoms with van der Waals surface area (Å²) in [6.45, 7) is 7.37. The Bertz CT molecular complexity index is 571. The standard InChI is InChI=1S/C14H20N4O3/c1-4-15-10-7-11(9-12(8-10)18(20)21)17-6-5-16-13(19)14(17,2)3/h7-9,15H,4-6H2,1-3H3,(H,16,19). The van der Waals surface area contributed by atoms with Crippen molar-refractivity contribution in [3.63, 3.8) is 0 Å². The molecule has 0 saturated carbocycles. The molecule has 2 N–H and O–H groups in total. The van der Waals surface area contributed by atoms with Gasteiger partial charge in [0.25, 0.3) is 5.69 Å². The average molecular weight is 292 g/mol. The zero-order valence-corrected chi connectivity index (χ0v) is 12.5. The van der Waals surface area contributed by atoms with Crippen molar-refractivity contribution in [2.75, 3.05) is 29.9 Å². The largest absolute Gasteiger partial charge is 0.385 e. The summed E-state index contributed by atoms with van der Waals surface area (Å²) in [5.41, 5.74) is 0.644. The first kappa shape index (κ1) is 15.1. The number of nitrogens with zero attached hydrogens (tertiary/aromatic N) is 2. The fourth-order valence-electron chi connectivity index (χ4n) is 2.51. The minimum atomic E-state index is -0.739. The smallest absolute Gasteiger partial charge is 0.273 e. The van der Waals surface area contributed by atoms with Crippen molar-refractivity contribution in [2.45, 2.75) is 26.3 Å². The molecule has 0 bridgehead atoms. The number of nitro groups is 1. The molecule has 0 atom stereocenters. The molecular weight excluding hydrogens is 272 g/mol. The topological polar surface area (TPSA) is 87.5 Å². The maximum atomic E-state index is 12.0. The van der Waals surface area contributed by atoms with Gasteiger partial charge in [-0.2, -0.15) is 0 Å². The van der Waals surface area contributed by atoms with Crippen LogP contribution in [0.25, 0.3) is 0 Å². The normalized spacial score (nSPS) is 17.3. The average Bonchev–Trinajstić information content (AvgIpc) is 2.41. The van der Waals surface area contributed by atoms with Gasteiger partial charge in [0.1, 0.15) is 5.54 Å². The third-order valence-electron chi connectivity index (χ3n) is 3.66. The second kappa shape index (κ2) is 5.59. The molecule has 1 aliphatic rings. The molecule has 0 aliphatic carbocycles. The molecule has 21 heavy (non-hydrogen) atoms. The summed E-state index contributed by atoms with van der Waals surface area (Å²) in [7, 11) is 0. The quantitative estimate of drug-likeness (QED) is 0.652. The lowest BCUT2D eigenvalue weighted by Gasteiger charge is -2.42. The van der Waals surface area contributed by atoms with E-state index < -0.39 is 10.5 Å². The van der Waals surface area contributed by atoms with E-state index in [1.54, 1.807) is 0 Å². The Kier molecular flexibility index (Phi) is 4.02. The number of carbonyl (C=O) groups is 1. The lowest BCUT2D eigenvalue weighted by Crippen LogP contribution is -2.62. The fourth-order valence-corrected chi connectivity index (χ4v) is 2.51. The molecule has 7 nitrogen and oxygen atoms in total. The maximum Gasteiger partial charge on any atom is 0.273 e. The second-order valence-electron chi connectivity index (χ2n) is 5.49. The van der Waals surface area contributed by atoms with Crippen LogP contribution in [0.2, 0.25) is 0 Å². The molecule has 1 fully saturated rings. The van der Waals surface area contributed by atoms with Crippen LogP contribution in [-0.2, 0) is 4.79 Å². The highest BCUT2D eigenvalue weighted by atomic mass is 16.6. The zero-order chi connectivity index (χ0) is 15.6. The molecule has 7 heteroatoms. The molecule has 1 aromatic carbocycles. The van der Waals surface area contributed by atoms with Gasteiger partial charge < -0.3 is 15.5 Å². The lowest BCUT2D eigenvalue weighted by molar-refractivity contribution is -0.384. The highest BCUT2D eigenvalue weighted by molar-refractivity contribution is 5.90. The molecule has 0 aromatic heterocycles. The van der Waals surface area contributed by atoms with E-state index in [2.05, 4.69) is 10.6 Å². The van der Waals surface area contributed by atoms with Crippen molar-refractivity contribution in [2.24, 2.45) is 0 Å². The van der Waals surface area contributed by atoms with E-state index in [0.29, 0.717) is 31.0 Å². The van der Waals surface area contributed by atoms with Crippen LogP contribution in [0.5, 0.6) is 0 Å². The number of carbonyl (C=O) groups excluding carboxylic acids is 1. The fraction of sp³-hybridized carbons (Fsp3) is 0.500. The van der Waals surface area contributed by atoms with Crippen LogP contribution in [0.1, 0.15) is 20.8 Å². The predicted octanol–water partition coefficient (Wildman–Crippen LogP) is 1.74. The van der Waals surface area contributed by atoms with Crippen molar-refractivity contribution >= 4 is 23.0 Å². The van der Waals surface area contributed by atoms with E-state index in [0.717, 1.165) is 0 Å². The molecule has 1 aromatic rings. The number of rotatable bonds is 4. The van der Waals surface area contributed by atoms with Gasteiger partial charge in [-0.25, -0.2) is 0 Å². The van der Waals surface area contributed by atoms with Gasteiger partial charge in [-0.3, -0.25) is 14.9 Å². The van der Waals surface area contributed by atoms with E-state index >= 15 is 0 Å². The molecule has 1 amide bonds. The molecular formula is C14H20N4O3. The van der Waals surface area contributed by atoms with E-state index in [9.17, 15) is 14.9 Å². The first-order chi connectivity index (χ1) is 9.86. The van der Waals surface area contributed by atoms with Gasteiger partial charge in [-0.1, -0.05) is 0 Å². The van der Waals surface area contributed by atoms with Gasteiger partial charge >= 0.3 is 0 Å². The van der Waals surface area contributed by atoms with Crippen molar-refractivity contribution in [3.05, 3.63) is 28.3 Å². The summed E-state index contributed by atoms with van der Waals surface area (Å²) in [5, 5.41) is 17.0. The third-order valence-corrected chi connectivity index (χ3v) is 3.66. The number of nitrogens with one attached hydrogen (secondary N) is 2. The number of benzene rings is 1. The van der Waals surface area contributed by atoms with Crippen LogP contribution >= 0.6 is 0 Å². The molecule has 0 spiro atoms. The summed E-state index contributed by atoms with van der Waals surface area (Å²) in [6, 6.07) is 4.86. The van der Waals surface area contributed by atoms with Gasteiger partial charge in [-0.05, 0) is 26.8 Å². The maximum absolute atomic E-state index is 12.0. The number of hydrogen-bond donors (Lipinski definition) is 2. The Labute approximate surface area is 123 Å². The predicted molar refractivity (Wildman–Crippen MR) is 81.7 cm³/mol. The number of amides is 1. The Balaban J connectivity index is 2.46. The molecule has 0 radical (unpaired) electrons. The van der Waals surface area contributed by atoms with Crippen molar-refractivity contribution < 1.29 is 9.72 Å². The summed E-state index contributed by atoms with van der Waals surface area (Å²) in [6.07, 6.45) is 0. The summed E-state index contributed by atoms with van der Waals surface area (Å²) in [4.78, 5) is 24.6. The highest BCUT2D eigenvalue weighted by Gasteiger charge is 2.38. The lowest BCUT2D eigenvalue weighted by atomic mass is 9.97. The van der Waals surface area contributed by atoms with Crippen molar-refractivity contribution in [3.8, 4) is 0 Å². The van der Waals surface area contributed by atoms with Crippen LogP contribution in [0, 0.1) is 10.1 Å². The Morgan fingerprint density at radius 1 is 1.43 bits per heavy atom. The Hall–Kier alpha value is -2.31. The molecule has 1 aliphatic heterocycles. The Morgan fingerprint density at radius 3 is 2.76 bits per heavy atom. The van der Waals surface area contributed by atoms with Crippen LogP contribution in [0.4, 0.5) is 17.1 Å². The number of anilines is 2. The molecule has 2 rings (SSSR count). The first-order valence-corrected chi connectivity index (χ1v) is 6.95. The zero-order valence-electron chi connectivity index (χ0n) is 12.5. The first-order valence-electron chi connectivity index (χ1n) is 6.95. The third kappa shape index (κ3) is 2.91. The van der Waals surface area contributed by atoms with E-state index in [1.807, 2.05) is 31.7 Å². The van der Waals surface area contributed by atoms with Gasteiger partial charge in [0.2, 0.25) is 5.91 Å². The SMILES string of the molecule is CCNc1cc(N2CCNC(=O)C2(C)C)cc([N+](=O)[O-])c1. The number of nitro benzene ring substituents is 1.